The molecule has 1 aromatic carbocycles. The molecule has 2 unspecified atom stereocenters. The summed E-state index contributed by atoms with van der Waals surface area (Å²) in [6.45, 7) is 9.23. The third-order valence-corrected chi connectivity index (χ3v) is 4.32. The van der Waals surface area contributed by atoms with E-state index in [1.165, 1.54) is 12.0 Å². The van der Waals surface area contributed by atoms with Crippen molar-refractivity contribution in [2.45, 2.75) is 33.1 Å². The van der Waals surface area contributed by atoms with Crippen molar-refractivity contribution in [2.75, 3.05) is 20.2 Å². The lowest BCUT2D eigenvalue weighted by Gasteiger charge is -2.04. The summed E-state index contributed by atoms with van der Waals surface area (Å²) in [5.41, 5.74) is 1.87. The van der Waals surface area contributed by atoms with E-state index in [1.807, 2.05) is 0 Å². The Hall–Kier alpha value is -1.02. The van der Waals surface area contributed by atoms with Gasteiger partial charge >= 0.3 is 0 Å². The summed E-state index contributed by atoms with van der Waals surface area (Å²) in [5.74, 6) is 2.39. The summed E-state index contributed by atoms with van der Waals surface area (Å²) < 4.78 is 5.22. The van der Waals surface area contributed by atoms with Gasteiger partial charge in [0.15, 0.2) is 0 Å². The number of nitrogens with one attached hydrogen (secondary N) is 1. The Kier molecular flexibility index (Phi) is 3.96. The quantitative estimate of drug-likeness (QED) is 0.778. The minimum atomic E-state index is 0.426. The second-order valence-electron chi connectivity index (χ2n) is 5.88. The molecule has 0 amide bonds. The number of benzene rings is 1. The average Bonchev–Trinajstić information content (AvgIpc) is 2.92. The molecule has 100 valence electrons. The zero-order chi connectivity index (χ0) is 13.2. The highest BCUT2D eigenvalue weighted by Gasteiger charge is 2.57. The van der Waals surface area contributed by atoms with E-state index >= 15 is 0 Å². The Bertz CT molecular complexity index is 383. The fourth-order valence-electron chi connectivity index (χ4n) is 3.03. The lowest BCUT2D eigenvalue weighted by molar-refractivity contribution is 0.414. The van der Waals surface area contributed by atoms with Gasteiger partial charge in [-0.2, -0.15) is 0 Å². The van der Waals surface area contributed by atoms with Crippen LogP contribution in [0.3, 0.4) is 0 Å². The Balaban J connectivity index is 1.99. The molecule has 0 bridgehead atoms. The largest absolute Gasteiger partial charge is 0.497 e. The van der Waals surface area contributed by atoms with Gasteiger partial charge in [0, 0.05) is 0 Å². The van der Waals surface area contributed by atoms with Gasteiger partial charge in [-0.1, -0.05) is 32.9 Å². The van der Waals surface area contributed by atoms with Gasteiger partial charge in [-0.3, -0.25) is 0 Å². The predicted molar refractivity (Wildman–Crippen MR) is 76.2 cm³/mol. The Morgan fingerprint density at radius 1 is 1.22 bits per heavy atom. The van der Waals surface area contributed by atoms with Crippen LogP contribution < -0.4 is 10.1 Å². The molecule has 2 rings (SSSR count). The van der Waals surface area contributed by atoms with Gasteiger partial charge in [0.1, 0.15) is 5.75 Å². The van der Waals surface area contributed by atoms with Crippen molar-refractivity contribution < 1.29 is 4.74 Å². The van der Waals surface area contributed by atoms with Crippen LogP contribution in [0.25, 0.3) is 0 Å². The van der Waals surface area contributed by atoms with Crippen LogP contribution in [0.4, 0.5) is 0 Å². The summed E-state index contributed by atoms with van der Waals surface area (Å²) in [7, 11) is 1.72. The first kappa shape index (κ1) is 13.4. The smallest absolute Gasteiger partial charge is 0.118 e. The summed E-state index contributed by atoms with van der Waals surface area (Å²) in [5, 5.41) is 3.55. The van der Waals surface area contributed by atoms with E-state index in [0.29, 0.717) is 11.3 Å². The minimum Gasteiger partial charge on any atom is -0.497 e. The zero-order valence-corrected chi connectivity index (χ0v) is 12.0. The monoisotopic (exact) mass is 247 g/mol. The second kappa shape index (κ2) is 5.31. The molecule has 0 heterocycles. The first-order valence-electron chi connectivity index (χ1n) is 6.96. The lowest BCUT2D eigenvalue weighted by Crippen LogP contribution is -2.19. The molecule has 1 N–H and O–H groups in total. The molecule has 1 saturated carbocycles. The lowest BCUT2D eigenvalue weighted by atomic mass is 10.0. The number of methoxy groups -OCH3 is 1. The van der Waals surface area contributed by atoms with E-state index in [1.54, 1.807) is 7.11 Å². The molecule has 18 heavy (non-hydrogen) atoms. The van der Waals surface area contributed by atoms with E-state index in [4.69, 9.17) is 4.74 Å². The average molecular weight is 247 g/mol. The second-order valence-corrected chi connectivity index (χ2v) is 5.88. The number of hydrogen-bond donors (Lipinski definition) is 1. The SMILES string of the molecule is CCCNCC1C(c2ccc(OC)cc2)C1(C)C. The van der Waals surface area contributed by atoms with Crippen molar-refractivity contribution >= 4 is 0 Å². The van der Waals surface area contributed by atoms with Gasteiger partial charge in [0.25, 0.3) is 0 Å². The first-order chi connectivity index (χ1) is 8.61. The molecular weight excluding hydrogens is 222 g/mol. The first-order valence-corrected chi connectivity index (χ1v) is 6.96. The fraction of sp³-hybridized carbons (Fsp3) is 0.625. The molecule has 2 atom stereocenters. The zero-order valence-electron chi connectivity index (χ0n) is 12.0. The Morgan fingerprint density at radius 2 is 1.89 bits per heavy atom. The number of hydrogen-bond acceptors (Lipinski definition) is 2. The third kappa shape index (κ3) is 2.54. The van der Waals surface area contributed by atoms with Crippen molar-refractivity contribution in [1.82, 2.24) is 5.32 Å². The Labute approximate surface area is 111 Å². The molecule has 1 aliphatic carbocycles. The predicted octanol–water partition coefficient (Wildman–Crippen LogP) is 3.43. The molecule has 2 heteroatoms. The topological polar surface area (TPSA) is 21.3 Å². The van der Waals surface area contributed by atoms with Crippen LogP contribution >= 0.6 is 0 Å². The van der Waals surface area contributed by atoms with Crippen LogP contribution in [-0.2, 0) is 0 Å². The summed E-state index contributed by atoms with van der Waals surface area (Å²) >= 11 is 0. The molecular formula is C16H25NO. The summed E-state index contributed by atoms with van der Waals surface area (Å²) in [4.78, 5) is 0. The van der Waals surface area contributed by atoms with Crippen LogP contribution in [0, 0.1) is 11.3 Å². The van der Waals surface area contributed by atoms with E-state index in [0.717, 1.165) is 24.8 Å². The van der Waals surface area contributed by atoms with Crippen LogP contribution in [-0.4, -0.2) is 20.2 Å². The van der Waals surface area contributed by atoms with E-state index in [-0.39, 0.29) is 0 Å². The van der Waals surface area contributed by atoms with E-state index < -0.39 is 0 Å². The van der Waals surface area contributed by atoms with Crippen molar-refractivity contribution in [3.05, 3.63) is 29.8 Å². The van der Waals surface area contributed by atoms with E-state index in [2.05, 4.69) is 50.4 Å². The third-order valence-electron chi connectivity index (χ3n) is 4.32. The highest BCUT2D eigenvalue weighted by molar-refractivity contribution is 5.36. The van der Waals surface area contributed by atoms with Crippen molar-refractivity contribution in [2.24, 2.45) is 11.3 Å². The van der Waals surface area contributed by atoms with Gasteiger partial charge in [0.05, 0.1) is 7.11 Å². The van der Waals surface area contributed by atoms with Crippen LogP contribution in [0.1, 0.15) is 38.7 Å². The number of rotatable bonds is 6. The summed E-state index contributed by atoms with van der Waals surface area (Å²) in [6.07, 6.45) is 1.21. The molecule has 1 aliphatic rings. The van der Waals surface area contributed by atoms with Crippen LogP contribution in [0.5, 0.6) is 5.75 Å². The van der Waals surface area contributed by atoms with Gasteiger partial charge in [0.2, 0.25) is 0 Å². The van der Waals surface area contributed by atoms with Crippen molar-refractivity contribution in [1.29, 1.82) is 0 Å². The van der Waals surface area contributed by atoms with Gasteiger partial charge < -0.3 is 10.1 Å². The normalized spacial score (nSPS) is 24.9. The molecule has 0 spiro atoms. The maximum Gasteiger partial charge on any atom is 0.118 e. The molecule has 0 aromatic heterocycles. The highest BCUT2D eigenvalue weighted by atomic mass is 16.5. The maximum atomic E-state index is 5.22. The van der Waals surface area contributed by atoms with Crippen molar-refractivity contribution in [3.63, 3.8) is 0 Å². The minimum absolute atomic E-state index is 0.426. The summed E-state index contributed by atoms with van der Waals surface area (Å²) in [6, 6.07) is 8.57. The van der Waals surface area contributed by atoms with Crippen LogP contribution in [0.15, 0.2) is 24.3 Å². The molecule has 0 radical (unpaired) electrons. The fourth-order valence-corrected chi connectivity index (χ4v) is 3.03. The number of ether oxygens (including phenoxy) is 1. The molecule has 2 nitrogen and oxygen atoms in total. The molecule has 0 saturated heterocycles. The maximum absolute atomic E-state index is 5.22. The van der Waals surface area contributed by atoms with Crippen LogP contribution in [0.2, 0.25) is 0 Å². The van der Waals surface area contributed by atoms with Gasteiger partial charge in [-0.05, 0) is 54.5 Å². The van der Waals surface area contributed by atoms with Gasteiger partial charge in [-0.25, -0.2) is 0 Å². The van der Waals surface area contributed by atoms with Gasteiger partial charge in [-0.15, -0.1) is 0 Å². The van der Waals surface area contributed by atoms with Crippen molar-refractivity contribution in [3.8, 4) is 5.75 Å². The molecule has 1 fully saturated rings. The van der Waals surface area contributed by atoms with E-state index in [9.17, 15) is 0 Å². The molecule has 1 aromatic rings. The molecule has 0 aliphatic heterocycles. The Morgan fingerprint density at radius 3 is 2.44 bits per heavy atom. The highest BCUT2D eigenvalue weighted by Crippen LogP contribution is 2.64. The standard InChI is InChI=1S/C16H25NO/c1-5-10-17-11-14-15(16(14,2)3)12-6-8-13(18-4)9-7-12/h6-9,14-15,17H,5,10-11H2,1-4H3.